The third kappa shape index (κ3) is 3.91. The molecule has 5 rings (SSSR count). The van der Waals surface area contributed by atoms with E-state index in [1.54, 1.807) is 12.1 Å². The molecule has 1 N–H and O–H groups in total. The third-order valence-corrected chi connectivity index (χ3v) is 6.79. The van der Waals surface area contributed by atoms with Gasteiger partial charge in [-0.15, -0.1) is 0 Å². The Hall–Kier alpha value is -2.55. The molecule has 4 aliphatic rings. The van der Waals surface area contributed by atoms with Crippen LogP contribution in [0.2, 0.25) is 0 Å². The lowest BCUT2D eigenvalue weighted by molar-refractivity contribution is -0.137. The highest BCUT2D eigenvalue weighted by Gasteiger charge is 2.48. The molecule has 1 aromatic rings. The molecule has 7 nitrogen and oxygen atoms in total. The van der Waals surface area contributed by atoms with Crippen LogP contribution in [-0.4, -0.2) is 64.7 Å². The number of alkyl halides is 2. The molecule has 31 heavy (non-hydrogen) atoms. The number of hydrogen-bond acceptors (Lipinski definition) is 5. The van der Waals surface area contributed by atoms with Crippen molar-refractivity contribution in [2.45, 2.75) is 69.2 Å². The molecular formula is C22H25F2N3O4. The van der Waals surface area contributed by atoms with Crippen molar-refractivity contribution in [1.29, 1.82) is 0 Å². The van der Waals surface area contributed by atoms with Crippen molar-refractivity contribution in [3.05, 3.63) is 29.3 Å². The Kier molecular flexibility index (Phi) is 4.96. The van der Waals surface area contributed by atoms with Crippen molar-refractivity contribution in [3.63, 3.8) is 0 Å². The number of likely N-dealkylation sites (tertiary alicyclic amines) is 1. The SMILES string of the molecule is O=C1CC[C@H](N2Cc3cc(O[C@@H]4CCCN(C5CC(F)(F)C5)C4)ccc3C2=O)C(=O)N1. The van der Waals surface area contributed by atoms with Crippen molar-refractivity contribution >= 4 is 17.7 Å². The number of rotatable bonds is 4. The molecule has 1 aromatic carbocycles. The number of nitrogens with zero attached hydrogens (tertiary/aromatic N) is 2. The summed E-state index contributed by atoms with van der Waals surface area (Å²) in [5, 5.41) is 2.30. The van der Waals surface area contributed by atoms with Crippen molar-refractivity contribution in [1.82, 2.24) is 15.1 Å². The summed E-state index contributed by atoms with van der Waals surface area (Å²) in [4.78, 5) is 40.0. The first kappa shape index (κ1) is 20.4. The van der Waals surface area contributed by atoms with Crippen LogP contribution in [0.5, 0.6) is 5.75 Å². The molecule has 2 saturated heterocycles. The quantitative estimate of drug-likeness (QED) is 0.736. The van der Waals surface area contributed by atoms with Gasteiger partial charge in [0.15, 0.2) is 0 Å². The first-order valence-electron chi connectivity index (χ1n) is 10.9. The van der Waals surface area contributed by atoms with Gasteiger partial charge in [0.1, 0.15) is 17.9 Å². The maximum absolute atomic E-state index is 13.2. The molecule has 0 aromatic heterocycles. The molecule has 3 heterocycles. The Morgan fingerprint density at radius 2 is 1.94 bits per heavy atom. The number of piperidine rings is 2. The van der Waals surface area contributed by atoms with Gasteiger partial charge < -0.3 is 9.64 Å². The second-order valence-electron chi connectivity index (χ2n) is 9.01. The van der Waals surface area contributed by atoms with Crippen LogP contribution in [0.1, 0.15) is 54.4 Å². The Bertz CT molecular complexity index is 929. The van der Waals surface area contributed by atoms with E-state index >= 15 is 0 Å². The van der Waals surface area contributed by atoms with Crippen molar-refractivity contribution < 1.29 is 27.9 Å². The zero-order valence-corrected chi connectivity index (χ0v) is 17.1. The van der Waals surface area contributed by atoms with Gasteiger partial charge in [0.2, 0.25) is 11.8 Å². The number of carbonyl (C=O) groups excluding carboxylic acids is 3. The minimum Gasteiger partial charge on any atom is -0.489 e. The summed E-state index contributed by atoms with van der Waals surface area (Å²) >= 11 is 0. The number of nitrogens with one attached hydrogen (secondary N) is 1. The fourth-order valence-corrected chi connectivity index (χ4v) is 5.10. The molecule has 9 heteroatoms. The zero-order valence-electron chi connectivity index (χ0n) is 17.1. The third-order valence-electron chi connectivity index (χ3n) is 6.79. The topological polar surface area (TPSA) is 79.0 Å². The summed E-state index contributed by atoms with van der Waals surface area (Å²) in [6.07, 6.45) is 2.08. The summed E-state index contributed by atoms with van der Waals surface area (Å²) in [6, 6.07) is 4.58. The summed E-state index contributed by atoms with van der Waals surface area (Å²) in [6.45, 7) is 1.74. The number of halogens is 2. The Morgan fingerprint density at radius 1 is 1.13 bits per heavy atom. The molecule has 2 atom stereocenters. The lowest BCUT2D eigenvalue weighted by atomic mass is 9.85. The van der Waals surface area contributed by atoms with Crippen LogP contribution in [-0.2, 0) is 16.1 Å². The number of benzene rings is 1. The highest BCUT2D eigenvalue weighted by molar-refractivity contribution is 6.05. The number of carbonyl (C=O) groups is 3. The molecule has 166 valence electrons. The number of fused-ring (bicyclic) bond motifs is 1. The lowest BCUT2D eigenvalue weighted by Gasteiger charge is -2.45. The maximum Gasteiger partial charge on any atom is 0.255 e. The van der Waals surface area contributed by atoms with Gasteiger partial charge in [0, 0.05) is 44.0 Å². The van der Waals surface area contributed by atoms with Crippen LogP contribution >= 0.6 is 0 Å². The van der Waals surface area contributed by atoms with E-state index in [-0.39, 0.29) is 43.2 Å². The molecule has 0 radical (unpaired) electrons. The van der Waals surface area contributed by atoms with Gasteiger partial charge in [-0.05, 0) is 49.6 Å². The van der Waals surface area contributed by atoms with E-state index < -0.39 is 17.9 Å². The summed E-state index contributed by atoms with van der Waals surface area (Å²) in [7, 11) is 0. The molecule has 1 saturated carbocycles. The van der Waals surface area contributed by atoms with Crippen LogP contribution in [0, 0.1) is 0 Å². The predicted octanol–water partition coefficient (Wildman–Crippen LogP) is 2.09. The van der Waals surface area contributed by atoms with Gasteiger partial charge in [-0.1, -0.05) is 0 Å². The Balaban J connectivity index is 1.23. The van der Waals surface area contributed by atoms with E-state index in [4.69, 9.17) is 4.74 Å². The summed E-state index contributed by atoms with van der Waals surface area (Å²) < 4.78 is 32.6. The van der Waals surface area contributed by atoms with Crippen LogP contribution in [0.3, 0.4) is 0 Å². The van der Waals surface area contributed by atoms with E-state index in [1.807, 2.05) is 6.07 Å². The largest absolute Gasteiger partial charge is 0.489 e. The normalized spacial score (nSPS) is 28.8. The fraction of sp³-hybridized carbons (Fsp3) is 0.591. The molecule has 0 spiro atoms. The number of hydrogen-bond donors (Lipinski definition) is 1. The molecule has 0 unspecified atom stereocenters. The summed E-state index contributed by atoms with van der Waals surface area (Å²) in [5.74, 6) is -2.85. The van der Waals surface area contributed by atoms with Gasteiger partial charge in [-0.3, -0.25) is 24.6 Å². The predicted molar refractivity (Wildman–Crippen MR) is 106 cm³/mol. The van der Waals surface area contributed by atoms with Gasteiger partial charge >= 0.3 is 0 Å². The van der Waals surface area contributed by atoms with E-state index in [1.165, 1.54) is 4.90 Å². The highest BCUT2D eigenvalue weighted by atomic mass is 19.3. The molecule has 3 fully saturated rings. The molecule has 1 aliphatic carbocycles. The highest BCUT2D eigenvalue weighted by Crippen LogP contribution is 2.41. The maximum atomic E-state index is 13.2. The number of imide groups is 1. The average molecular weight is 433 g/mol. The van der Waals surface area contributed by atoms with Crippen molar-refractivity contribution in [2.75, 3.05) is 13.1 Å². The molecule has 3 aliphatic heterocycles. The van der Waals surface area contributed by atoms with Gasteiger partial charge in [-0.2, -0.15) is 0 Å². The van der Waals surface area contributed by atoms with Gasteiger partial charge in [0.25, 0.3) is 11.8 Å². The minimum atomic E-state index is -2.53. The summed E-state index contributed by atoms with van der Waals surface area (Å²) in [5.41, 5.74) is 1.33. The Morgan fingerprint density at radius 3 is 2.68 bits per heavy atom. The smallest absolute Gasteiger partial charge is 0.255 e. The van der Waals surface area contributed by atoms with Crippen LogP contribution in [0.25, 0.3) is 0 Å². The second kappa shape index (κ2) is 7.55. The Labute approximate surface area is 178 Å². The molecular weight excluding hydrogens is 408 g/mol. The average Bonchev–Trinajstić information content (AvgIpc) is 3.02. The number of ether oxygens (including phenoxy) is 1. The van der Waals surface area contributed by atoms with Crippen molar-refractivity contribution in [3.8, 4) is 5.75 Å². The van der Waals surface area contributed by atoms with E-state index in [0.29, 0.717) is 30.8 Å². The first-order chi connectivity index (χ1) is 14.8. The zero-order chi connectivity index (χ0) is 21.8. The monoisotopic (exact) mass is 433 g/mol. The number of amides is 3. The van der Waals surface area contributed by atoms with E-state index in [9.17, 15) is 23.2 Å². The molecule has 0 bridgehead atoms. The standard InChI is InChI=1S/C22H25F2N3O4/c23-22(24)9-14(10-22)26-7-1-2-16(12-26)31-15-3-4-17-13(8-15)11-27(21(17)30)18-5-6-19(28)25-20(18)29/h3-4,8,14,16,18H,1-2,5-7,9-12H2,(H,25,28,29)/t16-,18+/m1/s1. The second-order valence-corrected chi connectivity index (χ2v) is 9.01. The van der Waals surface area contributed by atoms with Gasteiger partial charge in [-0.25, -0.2) is 8.78 Å². The van der Waals surface area contributed by atoms with Crippen molar-refractivity contribution in [2.24, 2.45) is 0 Å². The lowest BCUT2D eigenvalue weighted by Crippen LogP contribution is -2.55. The fourth-order valence-electron chi connectivity index (χ4n) is 5.10. The van der Waals surface area contributed by atoms with Crippen LogP contribution in [0.15, 0.2) is 18.2 Å². The van der Waals surface area contributed by atoms with Crippen LogP contribution < -0.4 is 10.1 Å². The van der Waals surface area contributed by atoms with E-state index in [0.717, 1.165) is 24.9 Å². The van der Waals surface area contributed by atoms with Crippen LogP contribution in [0.4, 0.5) is 8.78 Å². The van der Waals surface area contributed by atoms with E-state index in [2.05, 4.69) is 10.2 Å². The first-order valence-corrected chi connectivity index (χ1v) is 10.9. The molecule has 3 amide bonds. The van der Waals surface area contributed by atoms with Gasteiger partial charge in [0.05, 0.1) is 0 Å². The minimum absolute atomic E-state index is 0.0684.